The summed E-state index contributed by atoms with van der Waals surface area (Å²) in [5.41, 5.74) is 1.29. The molecule has 0 amide bonds. The van der Waals surface area contributed by atoms with Crippen LogP contribution in [-0.4, -0.2) is 13.1 Å². The molecule has 0 aromatic heterocycles. The highest BCUT2D eigenvalue weighted by Gasteiger charge is 2.37. The van der Waals surface area contributed by atoms with E-state index in [1.807, 2.05) is 12.1 Å². The zero-order chi connectivity index (χ0) is 12.4. The molecular formula is C14H19Cl2N. The van der Waals surface area contributed by atoms with Gasteiger partial charge in [-0.3, -0.25) is 0 Å². The van der Waals surface area contributed by atoms with Crippen molar-refractivity contribution in [1.82, 2.24) is 5.32 Å². The number of halogens is 2. The molecule has 2 rings (SSSR count). The minimum atomic E-state index is 0.644. The number of hydrogen-bond acceptors (Lipinski definition) is 1. The Morgan fingerprint density at radius 3 is 2.47 bits per heavy atom. The molecule has 1 saturated carbocycles. The van der Waals surface area contributed by atoms with Crippen LogP contribution in [0.2, 0.25) is 10.0 Å². The smallest absolute Gasteiger partial charge is 0.0423 e. The van der Waals surface area contributed by atoms with Crippen LogP contribution in [0.4, 0.5) is 0 Å². The van der Waals surface area contributed by atoms with Crippen LogP contribution in [0.1, 0.15) is 31.7 Å². The molecule has 0 bridgehead atoms. The summed E-state index contributed by atoms with van der Waals surface area (Å²) in [6.07, 6.45) is 1.25. The lowest BCUT2D eigenvalue weighted by Gasteiger charge is -2.07. The second-order valence-electron chi connectivity index (χ2n) is 5.36. The van der Waals surface area contributed by atoms with E-state index in [4.69, 9.17) is 23.2 Å². The van der Waals surface area contributed by atoms with E-state index in [9.17, 15) is 0 Å². The largest absolute Gasteiger partial charge is 0.316 e. The first-order valence-electron chi connectivity index (χ1n) is 6.23. The zero-order valence-electron chi connectivity index (χ0n) is 10.3. The van der Waals surface area contributed by atoms with Crippen molar-refractivity contribution in [3.63, 3.8) is 0 Å². The molecule has 2 unspecified atom stereocenters. The average Bonchev–Trinajstić information content (AvgIpc) is 2.95. The maximum absolute atomic E-state index is 6.02. The van der Waals surface area contributed by atoms with Gasteiger partial charge in [-0.15, -0.1) is 0 Å². The topological polar surface area (TPSA) is 12.0 Å². The van der Waals surface area contributed by atoms with Crippen LogP contribution in [0.15, 0.2) is 18.2 Å². The van der Waals surface area contributed by atoms with Gasteiger partial charge in [0.2, 0.25) is 0 Å². The van der Waals surface area contributed by atoms with Crippen LogP contribution in [-0.2, 0) is 0 Å². The first-order valence-corrected chi connectivity index (χ1v) is 6.98. The van der Waals surface area contributed by atoms with E-state index < -0.39 is 0 Å². The maximum Gasteiger partial charge on any atom is 0.0423 e. The highest BCUT2D eigenvalue weighted by molar-refractivity contribution is 6.34. The van der Waals surface area contributed by atoms with E-state index in [1.165, 1.54) is 12.0 Å². The molecule has 3 heteroatoms. The van der Waals surface area contributed by atoms with Crippen molar-refractivity contribution in [2.75, 3.05) is 13.1 Å². The molecule has 94 valence electrons. The van der Waals surface area contributed by atoms with E-state index in [0.29, 0.717) is 11.8 Å². The van der Waals surface area contributed by atoms with Crippen LogP contribution in [0.25, 0.3) is 0 Å². The lowest BCUT2D eigenvalue weighted by atomic mass is 10.1. The Bertz CT molecular complexity index is 370. The molecule has 1 N–H and O–H groups in total. The zero-order valence-corrected chi connectivity index (χ0v) is 11.9. The summed E-state index contributed by atoms with van der Waals surface area (Å²) >= 11 is 12.0. The van der Waals surface area contributed by atoms with Gasteiger partial charge < -0.3 is 5.32 Å². The Kier molecular flexibility index (Phi) is 4.35. The highest BCUT2D eigenvalue weighted by Crippen LogP contribution is 2.48. The first-order chi connectivity index (χ1) is 8.06. The van der Waals surface area contributed by atoms with Crippen molar-refractivity contribution in [2.24, 2.45) is 11.8 Å². The highest BCUT2D eigenvalue weighted by atomic mass is 35.5. The number of benzene rings is 1. The van der Waals surface area contributed by atoms with Crippen molar-refractivity contribution in [2.45, 2.75) is 26.2 Å². The normalized spacial score (nSPS) is 23.1. The summed E-state index contributed by atoms with van der Waals surface area (Å²) < 4.78 is 0. The second-order valence-corrected chi connectivity index (χ2v) is 6.23. The van der Waals surface area contributed by atoms with Crippen molar-refractivity contribution in [3.05, 3.63) is 33.8 Å². The van der Waals surface area contributed by atoms with Gasteiger partial charge in [0.25, 0.3) is 0 Å². The summed E-state index contributed by atoms with van der Waals surface area (Å²) in [6, 6.07) is 5.88. The van der Waals surface area contributed by atoms with Crippen molar-refractivity contribution < 1.29 is 0 Å². The Labute approximate surface area is 114 Å². The minimum absolute atomic E-state index is 0.644. The van der Waals surface area contributed by atoms with E-state index in [-0.39, 0.29) is 0 Å². The standard InChI is InChI=1S/C14H19Cl2N/c1-9(2)7-17-8-11-5-14(11)10-3-12(15)6-13(16)4-10/h3-4,6,9,11,14,17H,5,7-8H2,1-2H3. The van der Waals surface area contributed by atoms with Gasteiger partial charge in [-0.2, -0.15) is 0 Å². The molecule has 17 heavy (non-hydrogen) atoms. The van der Waals surface area contributed by atoms with E-state index in [0.717, 1.165) is 29.1 Å². The SMILES string of the molecule is CC(C)CNCC1CC1c1cc(Cl)cc(Cl)c1. The lowest BCUT2D eigenvalue weighted by Crippen LogP contribution is -2.22. The van der Waals surface area contributed by atoms with Gasteiger partial charge in [0.15, 0.2) is 0 Å². The quantitative estimate of drug-likeness (QED) is 0.840. The van der Waals surface area contributed by atoms with Gasteiger partial charge in [-0.25, -0.2) is 0 Å². The second kappa shape index (κ2) is 5.60. The van der Waals surface area contributed by atoms with Crippen LogP contribution >= 0.6 is 23.2 Å². The molecular weight excluding hydrogens is 253 g/mol. The Balaban J connectivity index is 1.85. The summed E-state index contributed by atoms with van der Waals surface area (Å²) in [4.78, 5) is 0. The monoisotopic (exact) mass is 271 g/mol. The summed E-state index contributed by atoms with van der Waals surface area (Å²) in [7, 11) is 0. The third kappa shape index (κ3) is 3.87. The van der Waals surface area contributed by atoms with Crippen molar-refractivity contribution in [3.8, 4) is 0 Å². The van der Waals surface area contributed by atoms with Crippen LogP contribution in [0.5, 0.6) is 0 Å². The third-order valence-electron chi connectivity index (χ3n) is 3.19. The Morgan fingerprint density at radius 1 is 1.24 bits per heavy atom. The molecule has 1 aliphatic carbocycles. The van der Waals surface area contributed by atoms with Gasteiger partial charge in [0.05, 0.1) is 0 Å². The van der Waals surface area contributed by atoms with E-state index >= 15 is 0 Å². The number of rotatable bonds is 5. The summed E-state index contributed by atoms with van der Waals surface area (Å²) in [5, 5.41) is 5.00. The first kappa shape index (κ1) is 13.2. The molecule has 0 saturated heterocycles. The molecule has 1 fully saturated rings. The number of nitrogens with one attached hydrogen (secondary N) is 1. The lowest BCUT2D eigenvalue weighted by molar-refractivity contribution is 0.532. The van der Waals surface area contributed by atoms with Gasteiger partial charge in [0.1, 0.15) is 0 Å². The van der Waals surface area contributed by atoms with E-state index in [2.05, 4.69) is 19.2 Å². The average molecular weight is 272 g/mol. The fourth-order valence-electron chi connectivity index (χ4n) is 2.23. The summed E-state index contributed by atoms with van der Waals surface area (Å²) in [5.74, 6) is 2.11. The van der Waals surface area contributed by atoms with Gasteiger partial charge >= 0.3 is 0 Å². The molecule has 2 atom stereocenters. The van der Waals surface area contributed by atoms with Gasteiger partial charge in [-0.05, 0) is 61.0 Å². The Hall–Kier alpha value is -0.240. The van der Waals surface area contributed by atoms with Crippen molar-refractivity contribution >= 4 is 23.2 Å². The Morgan fingerprint density at radius 2 is 1.88 bits per heavy atom. The molecule has 1 nitrogen and oxygen atoms in total. The maximum atomic E-state index is 6.02. The molecule has 0 radical (unpaired) electrons. The minimum Gasteiger partial charge on any atom is -0.316 e. The molecule has 0 heterocycles. The molecule has 1 aromatic carbocycles. The van der Waals surface area contributed by atoms with Gasteiger partial charge in [0, 0.05) is 10.0 Å². The fraction of sp³-hybridized carbons (Fsp3) is 0.571. The van der Waals surface area contributed by atoms with Crippen LogP contribution in [0.3, 0.4) is 0 Å². The van der Waals surface area contributed by atoms with E-state index in [1.54, 1.807) is 6.07 Å². The molecule has 1 aromatic rings. The predicted molar refractivity (Wildman–Crippen MR) is 75.0 cm³/mol. The fourth-order valence-corrected chi connectivity index (χ4v) is 2.77. The molecule has 0 spiro atoms. The van der Waals surface area contributed by atoms with Gasteiger partial charge in [-0.1, -0.05) is 37.0 Å². The van der Waals surface area contributed by atoms with Crippen LogP contribution < -0.4 is 5.32 Å². The predicted octanol–water partition coefficient (Wildman–Crippen LogP) is 4.34. The summed E-state index contributed by atoms with van der Waals surface area (Å²) in [6.45, 7) is 6.66. The van der Waals surface area contributed by atoms with Crippen molar-refractivity contribution in [1.29, 1.82) is 0 Å². The number of hydrogen-bond donors (Lipinski definition) is 1. The molecule has 1 aliphatic rings. The third-order valence-corrected chi connectivity index (χ3v) is 3.63. The van der Waals surface area contributed by atoms with Crippen LogP contribution in [0, 0.1) is 11.8 Å². The molecule has 0 aliphatic heterocycles.